The van der Waals surface area contributed by atoms with Crippen LogP contribution in [0, 0.1) is 12.3 Å². The summed E-state index contributed by atoms with van der Waals surface area (Å²) in [5.74, 6) is 1.62. The molecule has 0 amide bonds. The molecule has 2 aliphatic rings. The molecule has 0 aromatic heterocycles. The predicted molar refractivity (Wildman–Crippen MR) is 77.4 cm³/mol. The van der Waals surface area contributed by atoms with Crippen LogP contribution in [0.2, 0.25) is 0 Å². The van der Waals surface area contributed by atoms with Gasteiger partial charge in [0.15, 0.2) is 0 Å². The first-order chi connectivity index (χ1) is 8.73. The van der Waals surface area contributed by atoms with E-state index in [4.69, 9.17) is 11.6 Å². The fourth-order valence-corrected chi connectivity index (χ4v) is 3.65. The van der Waals surface area contributed by atoms with E-state index in [1.165, 1.54) is 38.0 Å². The van der Waals surface area contributed by atoms with Gasteiger partial charge in [0.1, 0.15) is 0 Å². The summed E-state index contributed by atoms with van der Waals surface area (Å²) in [7, 11) is 0. The van der Waals surface area contributed by atoms with Crippen LogP contribution in [0.5, 0.6) is 0 Å². The number of alkyl halides is 1. The van der Waals surface area contributed by atoms with Gasteiger partial charge in [-0.3, -0.25) is 0 Å². The highest BCUT2D eigenvalue weighted by atomic mass is 35.5. The molecule has 0 radical (unpaired) electrons. The zero-order valence-corrected chi connectivity index (χ0v) is 11.9. The number of likely N-dealkylation sites (tertiary alicyclic amines) is 1. The minimum Gasteiger partial charge on any atom is -0.303 e. The molecule has 1 aliphatic carbocycles. The average molecular weight is 264 g/mol. The first-order valence-electron chi connectivity index (χ1n) is 7.08. The molecular weight excluding hydrogens is 242 g/mol. The van der Waals surface area contributed by atoms with Gasteiger partial charge < -0.3 is 4.90 Å². The van der Waals surface area contributed by atoms with Crippen molar-refractivity contribution < 1.29 is 0 Å². The lowest BCUT2D eigenvalue weighted by molar-refractivity contribution is 0.319. The monoisotopic (exact) mass is 263 g/mol. The van der Waals surface area contributed by atoms with Gasteiger partial charge in [-0.1, -0.05) is 29.8 Å². The predicted octanol–water partition coefficient (Wildman–Crippen LogP) is 3.80. The van der Waals surface area contributed by atoms with E-state index in [2.05, 4.69) is 36.1 Å². The van der Waals surface area contributed by atoms with Crippen LogP contribution in [-0.4, -0.2) is 30.4 Å². The Morgan fingerprint density at radius 1 is 1.33 bits per heavy atom. The Bertz CT molecular complexity index is 414. The highest BCUT2D eigenvalue weighted by molar-refractivity contribution is 6.17. The fraction of sp³-hybridized carbons (Fsp3) is 0.625. The Labute approximate surface area is 115 Å². The number of benzene rings is 1. The maximum absolute atomic E-state index is 5.78. The van der Waals surface area contributed by atoms with Crippen molar-refractivity contribution in [2.75, 3.05) is 25.5 Å². The molecule has 1 heterocycles. The second-order valence-corrected chi connectivity index (χ2v) is 6.48. The van der Waals surface area contributed by atoms with Crippen molar-refractivity contribution in [1.82, 2.24) is 4.90 Å². The molecule has 0 bridgehead atoms. The molecule has 18 heavy (non-hydrogen) atoms. The van der Waals surface area contributed by atoms with Crippen molar-refractivity contribution in [3.63, 3.8) is 0 Å². The van der Waals surface area contributed by atoms with E-state index >= 15 is 0 Å². The van der Waals surface area contributed by atoms with Crippen LogP contribution in [0.3, 0.4) is 0 Å². The van der Waals surface area contributed by atoms with Crippen LogP contribution in [0.1, 0.15) is 36.3 Å². The van der Waals surface area contributed by atoms with E-state index in [-0.39, 0.29) is 0 Å². The van der Waals surface area contributed by atoms with Crippen molar-refractivity contribution >= 4 is 11.6 Å². The molecule has 1 saturated heterocycles. The lowest BCUT2D eigenvalue weighted by atomic mass is 9.98. The molecule has 1 aromatic rings. The lowest BCUT2D eigenvalue weighted by Crippen LogP contribution is -2.22. The first-order valence-corrected chi connectivity index (χ1v) is 7.62. The summed E-state index contributed by atoms with van der Waals surface area (Å²) < 4.78 is 0. The molecule has 3 rings (SSSR count). The third kappa shape index (κ3) is 2.31. The molecular formula is C16H22ClN. The molecule has 1 aromatic carbocycles. The van der Waals surface area contributed by atoms with Gasteiger partial charge >= 0.3 is 0 Å². The van der Waals surface area contributed by atoms with Crippen molar-refractivity contribution in [3.8, 4) is 0 Å². The zero-order chi connectivity index (χ0) is 12.6. The zero-order valence-electron chi connectivity index (χ0n) is 11.2. The van der Waals surface area contributed by atoms with E-state index < -0.39 is 0 Å². The average Bonchev–Trinajstić information content (AvgIpc) is 2.91. The maximum Gasteiger partial charge on any atom is 0.0235 e. The second-order valence-electron chi connectivity index (χ2n) is 6.10. The maximum atomic E-state index is 5.78. The molecule has 2 atom stereocenters. The van der Waals surface area contributed by atoms with Gasteiger partial charge in [-0.15, -0.1) is 11.6 Å². The largest absolute Gasteiger partial charge is 0.303 e. The molecule has 1 aliphatic heterocycles. The molecule has 1 spiro atoms. The number of hydrogen-bond acceptors (Lipinski definition) is 1. The first kappa shape index (κ1) is 12.5. The van der Waals surface area contributed by atoms with Crippen LogP contribution >= 0.6 is 11.6 Å². The molecule has 1 unspecified atom stereocenters. The Kier molecular flexibility index (Phi) is 3.38. The molecule has 2 fully saturated rings. The van der Waals surface area contributed by atoms with Crippen molar-refractivity contribution in [2.45, 2.75) is 32.1 Å². The standard InChI is InChI=1S/C16H22ClN/c1-13-3-5-14(6-4-13)15-11-16(15)7-10-18(12-16)9-2-8-17/h3-6,15H,2,7-12H2,1H3/t15-,16?/m0/s1. The summed E-state index contributed by atoms with van der Waals surface area (Å²) in [5.41, 5.74) is 3.53. The summed E-state index contributed by atoms with van der Waals surface area (Å²) in [6, 6.07) is 9.16. The van der Waals surface area contributed by atoms with Gasteiger partial charge in [-0.25, -0.2) is 0 Å². The van der Waals surface area contributed by atoms with Crippen molar-refractivity contribution in [1.29, 1.82) is 0 Å². The highest BCUT2D eigenvalue weighted by Gasteiger charge is 2.57. The summed E-state index contributed by atoms with van der Waals surface area (Å²) in [4.78, 5) is 2.61. The summed E-state index contributed by atoms with van der Waals surface area (Å²) in [6.07, 6.45) is 3.91. The molecule has 1 saturated carbocycles. The molecule has 2 heteroatoms. The summed E-state index contributed by atoms with van der Waals surface area (Å²) >= 11 is 5.78. The van der Waals surface area contributed by atoms with E-state index in [0.29, 0.717) is 5.41 Å². The van der Waals surface area contributed by atoms with Gasteiger partial charge in [0, 0.05) is 12.4 Å². The number of hydrogen-bond donors (Lipinski definition) is 0. The third-order valence-electron chi connectivity index (χ3n) is 4.74. The van der Waals surface area contributed by atoms with Gasteiger partial charge in [0.05, 0.1) is 0 Å². The Morgan fingerprint density at radius 3 is 2.83 bits per heavy atom. The number of aryl methyl sites for hydroxylation is 1. The Hall–Kier alpha value is -0.530. The third-order valence-corrected chi connectivity index (χ3v) is 5.01. The van der Waals surface area contributed by atoms with E-state index in [0.717, 1.165) is 18.2 Å². The van der Waals surface area contributed by atoms with Crippen LogP contribution < -0.4 is 0 Å². The normalized spacial score (nSPS) is 31.1. The summed E-state index contributed by atoms with van der Waals surface area (Å²) in [6.45, 7) is 5.92. The second kappa shape index (κ2) is 4.86. The number of nitrogens with zero attached hydrogens (tertiary/aromatic N) is 1. The smallest absolute Gasteiger partial charge is 0.0235 e. The van der Waals surface area contributed by atoms with E-state index in [1.807, 2.05) is 0 Å². The quantitative estimate of drug-likeness (QED) is 0.747. The summed E-state index contributed by atoms with van der Waals surface area (Å²) in [5, 5.41) is 0. The molecule has 0 N–H and O–H groups in total. The van der Waals surface area contributed by atoms with Crippen LogP contribution in [0.4, 0.5) is 0 Å². The van der Waals surface area contributed by atoms with E-state index in [1.54, 1.807) is 5.56 Å². The number of rotatable bonds is 4. The van der Waals surface area contributed by atoms with Crippen LogP contribution in [0.15, 0.2) is 24.3 Å². The van der Waals surface area contributed by atoms with Gasteiger partial charge in [-0.2, -0.15) is 0 Å². The molecule has 98 valence electrons. The fourth-order valence-electron chi connectivity index (χ4n) is 3.53. The Balaban J connectivity index is 1.61. The SMILES string of the molecule is Cc1ccc([C@@H]2CC23CCN(CCCCl)C3)cc1. The van der Waals surface area contributed by atoms with Crippen LogP contribution in [-0.2, 0) is 0 Å². The topological polar surface area (TPSA) is 3.24 Å². The minimum absolute atomic E-state index is 0.613. The van der Waals surface area contributed by atoms with Crippen molar-refractivity contribution in [2.24, 2.45) is 5.41 Å². The van der Waals surface area contributed by atoms with Gasteiger partial charge in [0.25, 0.3) is 0 Å². The number of halogens is 1. The highest BCUT2D eigenvalue weighted by Crippen LogP contribution is 2.64. The van der Waals surface area contributed by atoms with Gasteiger partial charge in [-0.05, 0) is 56.2 Å². The minimum atomic E-state index is 0.613. The van der Waals surface area contributed by atoms with Gasteiger partial charge in [0.2, 0.25) is 0 Å². The van der Waals surface area contributed by atoms with Crippen molar-refractivity contribution in [3.05, 3.63) is 35.4 Å². The lowest BCUT2D eigenvalue weighted by Gasteiger charge is -2.15. The Morgan fingerprint density at radius 2 is 2.11 bits per heavy atom. The molecule has 1 nitrogen and oxygen atoms in total. The van der Waals surface area contributed by atoms with E-state index in [9.17, 15) is 0 Å². The van der Waals surface area contributed by atoms with Crippen LogP contribution in [0.25, 0.3) is 0 Å².